The lowest BCUT2D eigenvalue weighted by molar-refractivity contribution is -0.133. The second-order valence-corrected chi connectivity index (χ2v) is 5.84. The third-order valence-corrected chi connectivity index (χ3v) is 4.06. The summed E-state index contributed by atoms with van der Waals surface area (Å²) in [5.41, 5.74) is 2.43. The number of rotatable bonds is 4. The predicted molar refractivity (Wildman–Crippen MR) is 99.2 cm³/mol. The molecule has 0 saturated heterocycles. The van der Waals surface area contributed by atoms with Gasteiger partial charge in [-0.3, -0.25) is 4.79 Å². The first kappa shape index (κ1) is 16.1. The number of aromatic nitrogens is 1. The second-order valence-electron chi connectivity index (χ2n) is 5.84. The van der Waals surface area contributed by atoms with Crippen LogP contribution in [0.15, 0.2) is 48.5 Å². The number of ether oxygens (including phenoxy) is 3. The summed E-state index contributed by atoms with van der Waals surface area (Å²) in [5.74, 6) is 1.70. The first-order valence-electron chi connectivity index (χ1n) is 8.41. The molecule has 0 atom stereocenters. The van der Waals surface area contributed by atoms with Gasteiger partial charge >= 0.3 is 5.97 Å². The average Bonchev–Trinajstić information content (AvgIpc) is 3.14. The van der Waals surface area contributed by atoms with Crippen LogP contribution in [0.5, 0.6) is 17.2 Å². The van der Waals surface area contributed by atoms with Crippen LogP contribution < -0.4 is 14.2 Å². The van der Waals surface area contributed by atoms with Crippen LogP contribution in [0.4, 0.5) is 0 Å². The molecule has 130 valence electrons. The van der Waals surface area contributed by atoms with E-state index in [4.69, 9.17) is 14.2 Å². The van der Waals surface area contributed by atoms with E-state index in [-0.39, 0.29) is 12.8 Å². The largest absolute Gasteiger partial charge is 0.454 e. The molecule has 2 heterocycles. The Hall–Kier alpha value is -3.34. The standard InChI is InChI=1S/C21H17NO4/c1-2-20(23)26-18-5-3-4-15-8-10-16(22-21(15)18)9-6-14-7-11-17-19(12-14)25-13-24-17/h3-12H,2,13H2,1H3. The van der Waals surface area contributed by atoms with Gasteiger partial charge in [-0.1, -0.05) is 37.3 Å². The van der Waals surface area contributed by atoms with Gasteiger partial charge in [0.25, 0.3) is 0 Å². The molecule has 0 aliphatic carbocycles. The maximum absolute atomic E-state index is 11.6. The molecule has 0 bridgehead atoms. The zero-order valence-electron chi connectivity index (χ0n) is 14.3. The van der Waals surface area contributed by atoms with Gasteiger partial charge in [-0.25, -0.2) is 4.98 Å². The Bertz CT molecular complexity index is 1010. The lowest BCUT2D eigenvalue weighted by atomic mass is 10.1. The summed E-state index contributed by atoms with van der Waals surface area (Å²) in [6, 6.07) is 15.2. The number of para-hydroxylation sites is 1. The van der Waals surface area contributed by atoms with Crippen LogP contribution in [0.1, 0.15) is 24.6 Å². The summed E-state index contributed by atoms with van der Waals surface area (Å²) >= 11 is 0. The summed E-state index contributed by atoms with van der Waals surface area (Å²) in [5, 5.41) is 0.923. The van der Waals surface area contributed by atoms with Crippen molar-refractivity contribution in [3.8, 4) is 17.2 Å². The van der Waals surface area contributed by atoms with Crippen molar-refractivity contribution in [3.05, 3.63) is 59.8 Å². The lowest BCUT2D eigenvalue weighted by Gasteiger charge is -2.07. The summed E-state index contributed by atoms with van der Waals surface area (Å²) in [7, 11) is 0. The summed E-state index contributed by atoms with van der Waals surface area (Å²) < 4.78 is 16.1. The number of carbonyl (C=O) groups is 1. The van der Waals surface area contributed by atoms with Crippen LogP contribution in [0.2, 0.25) is 0 Å². The zero-order valence-corrected chi connectivity index (χ0v) is 14.3. The van der Waals surface area contributed by atoms with Gasteiger partial charge < -0.3 is 14.2 Å². The molecule has 0 spiro atoms. The average molecular weight is 347 g/mol. The fourth-order valence-corrected chi connectivity index (χ4v) is 2.70. The van der Waals surface area contributed by atoms with E-state index >= 15 is 0 Å². The lowest BCUT2D eigenvalue weighted by Crippen LogP contribution is -2.06. The Balaban J connectivity index is 1.64. The molecule has 1 aromatic heterocycles. The Labute approximate surface area is 150 Å². The number of benzene rings is 2. The number of fused-ring (bicyclic) bond motifs is 2. The second kappa shape index (κ2) is 6.88. The highest BCUT2D eigenvalue weighted by atomic mass is 16.7. The molecule has 0 fully saturated rings. The van der Waals surface area contributed by atoms with Gasteiger partial charge in [0.05, 0.1) is 5.69 Å². The molecule has 1 aliphatic heterocycles. The van der Waals surface area contributed by atoms with Gasteiger partial charge in [0.15, 0.2) is 17.2 Å². The molecule has 2 aromatic carbocycles. The van der Waals surface area contributed by atoms with Crippen molar-refractivity contribution in [2.45, 2.75) is 13.3 Å². The van der Waals surface area contributed by atoms with E-state index in [9.17, 15) is 4.79 Å². The Kier molecular flexibility index (Phi) is 4.27. The topological polar surface area (TPSA) is 57.7 Å². The van der Waals surface area contributed by atoms with Crippen molar-refractivity contribution < 1.29 is 19.0 Å². The number of hydrogen-bond acceptors (Lipinski definition) is 5. The normalized spacial score (nSPS) is 12.7. The molecule has 0 amide bonds. The quantitative estimate of drug-likeness (QED) is 0.515. The van der Waals surface area contributed by atoms with E-state index < -0.39 is 0 Å². The molecule has 0 unspecified atom stereocenters. The fourth-order valence-electron chi connectivity index (χ4n) is 2.70. The Morgan fingerprint density at radius 1 is 1.12 bits per heavy atom. The van der Waals surface area contributed by atoms with Crippen LogP contribution >= 0.6 is 0 Å². The number of pyridine rings is 1. The molecule has 0 saturated carbocycles. The molecular formula is C21H17NO4. The van der Waals surface area contributed by atoms with Crippen molar-refractivity contribution in [2.24, 2.45) is 0 Å². The van der Waals surface area contributed by atoms with Crippen molar-refractivity contribution in [1.29, 1.82) is 0 Å². The predicted octanol–water partition coefficient (Wildman–Crippen LogP) is 4.45. The summed E-state index contributed by atoms with van der Waals surface area (Å²) in [6.45, 7) is 2.02. The van der Waals surface area contributed by atoms with E-state index in [1.54, 1.807) is 13.0 Å². The van der Waals surface area contributed by atoms with Gasteiger partial charge in [0.1, 0.15) is 5.52 Å². The number of nitrogens with zero attached hydrogens (tertiary/aromatic N) is 1. The molecular weight excluding hydrogens is 330 g/mol. The maximum Gasteiger partial charge on any atom is 0.310 e. The summed E-state index contributed by atoms with van der Waals surface area (Å²) in [6.07, 6.45) is 4.19. The Morgan fingerprint density at radius 2 is 2.00 bits per heavy atom. The number of esters is 1. The van der Waals surface area contributed by atoms with Crippen molar-refractivity contribution in [1.82, 2.24) is 4.98 Å². The first-order valence-corrected chi connectivity index (χ1v) is 8.41. The van der Waals surface area contributed by atoms with Gasteiger partial charge in [-0.05, 0) is 35.9 Å². The van der Waals surface area contributed by atoms with Crippen LogP contribution in [-0.4, -0.2) is 17.7 Å². The van der Waals surface area contributed by atoms with E-state index in [2.05, 4.69) is 4.98 Å². The van der Waals surface area contributed by atoms with Crippen LogP contribution in [0, 0.1) is 0 Å². The third kappa shape index (κ3) is 3.24. The molecule has 1 aliphatic rings. The molecule has 4 rings (SSSR count). The maximum atomic E-state index is 11.6. The highest BCUT2D eigenvalue weighted by molar-refractivity contribution is 5.88. The molecule has 0 N–H and O–H groups in total. The molecule has 5 nitrogen and oxygen atoms in total. The van der Waals surface area contributed by atoms with Gasteiger partial charge in [0, 0.05) is 11.8 Å². The monoisotopic (exact) mass is 347 g/mol. The highest BCUT2D eigenvalue weighted by Gasteiger charge is 2.12. The first-order chi connectivity index (χ1) is 12.7. The SMILES string of the molecule is CCC(=O)Oc1cccc2ccc(C=Cc3ccc4c(c3)OCO4)nc12. The molecule has 26 heavy (non-hydrogen) atoms. The fraction of sp³-hybridized carbons (Fsp3) is 0.143. The Morgan fingerprint density at radius 3 is 2.88 bits per heavy atom. The minimum atomic E-state index is -0.277. The molecule has 3 aromatic rings. The van der Waals surface area contributed by atoms with Crippen LogP contribution in [-0.2, 0) is 4.79 Å². The van der Waals surface area contributed by atoms with Crippen molar-refractivity contribution in [3.63, 3.8) is 0 Å². The van der Waals surface area contributed by atoms with Crippen LogP contribution in [0.25, 0.3) is 23.1 Å². The highest BCUT2D eigenvalue weighted by Crippen LogP contribution is 2.33. The molecule has 0 radical (unpaired) electrons. The van der Waals surface area contributed by atoms with Crippen LogP contribution in [0.3, 0.4) is 0 Å². The zero-order chi connectivity index (χ0) is 17.9. The minimum absolute atomic E-state index is 0.258. The van der Waals surface area contributed by atoms with Crippen molar-refractivity contribution >= 4 is 29.0 Å². The van der Waals surface area contributed by atoms with Gasteiger partial charge in [-0.15, -0.1) is 0 Å². The van der Waals surface area contributed by atoms with Gasteiger partial charge in [0.2, 0.25) is 6.79 Å². The van der Waals surface area contributed by atoms with Gasteiger partial charge in [-0.2, -0.15) is 0 Å². The number of hydrogen-bond donors (Lipinski definition) is 0. The van der Waals surface area contributed by atoms with Crippen molar-refractivity contribution in [2.75, 3.05) is 6.79 Å². The van der Waals surface area contributed by atoms with E-state index in [0.717, 1.165) is 28.1 Å². The van der Waals surface area contributed by atoms with E-state index in [0.29, 0.717) is 17.7 Å². The smallest absolute Gasteiger partial charge is 0.310 e. The van der Waals surface area contributed by atoms with E-state index in [1.807, 2.05) is 54.6 Å². The minimum Gasteiger partial charge on any atom is -0.454 e. The summed E-state index contributed by atoms with van der Waals surface area (Å²) in [4.78, 5) is 16.3. The third-order valence-electron chi connectivity index (χ3n) is 4.06. The molecule has 5 heteroatoms. The van der Waals surface area contributed by atoms with E-state index in [1.165, 1.54) is 0 Å². The number of carbonyl (C=O) groups excluding carboxylic acids is 1.